The monoisotopic (exact) mass is 266 g/mol. The summed E-state index contributed by atoms with van der Waals surface area (Å²) in [5, 5.41) is 0. The van der Waals surface area contributed by atoms with Gasteiger partial charge in [-0.2, -0.15) is 0 Å². The average molecular weight is 266 g/mol. The van der Waals surface area contributed by atoms with E-state index in [1.54, 1.807) is 0 Å². The van der Waals surface area contributed by atoms with E-state index in [1.807, 2.05) is 11.8 Å². The smallest absolute Gasteiger partial charge is 0.0509 e. The van der Waals surface area contributed by atoms with E-state index in [9.17, 15) is 0 Å². The second-order valence-corrected chi connectivity index (χ2v) is 5.97. The van der Waals surface area contributed by atoms with E-state index < -0.39 is 0 Å². The summed E-state index contributed by atoms with van der Waals surface area (Å²) in [7, 11) is 0. The zero-order valence-electron chi connectivity index (χ0n) is 10.9. The predicted octanol–water partition coefficient (Wildman–Crippen LogP) is 2.35. The Bertz CT molecular complexity index is 367. The summed E-state index contributed by atoms with van der Waals surface area (Å²) in [6.07, 6.45) is 2.36. The number of hydrogen-bond acceptors (Lipinski definition) is 4. The minimum absolute atomic E-state index is 0.329. The van der Waals surface area contributed by atoms with Gasteiger partial charge in [-0.15, -0.1) is 11.8 Å². The molecule has 1 fully saturated rings. The highest BCUT2D eigenvalue weighted by Crippen LogP contribution is 2.24. The fourth-order valence-corrected chi connectivity index (χ4v) is 3.48. The molecule has 4 heteroatoms. The van der Waals surface area contributed by atoms with Gasteiger partial charge >= 0.3 is 0 Å². The van der Waals surface area contributed by atoms with Gasteiger partial charge in [0, 0.05) is 23.3 Å². The molecule has 2 atom stereocenters. The van der Waals surface area contributed by atoms with Crippen molar-refractivity contribution in [1.82, 2.24) is 5.43 Å². The van der Waals surface area contributed by atoms with E-state index >= 15 is 0 Å². The lowest BCUT2D eigenvalue weighted by Crippen LogP contribution is -2.45. The molecule has 2 rings (SSSR count). The molecular formula is C14H22N2OS. The number of ether oxygens (including phenoxy) is 1. The van der Waals surface area contributed by atoms with Gasteiger partial charge in [-0.05, 0) is 37.8 Å². The molecule has 3 N–H and O–H groups in total. The average Bonchev–Trinajstić information content (AvgIpc) is 2.41. The van der Waals surface area contributed by atoms with Crippen molar-refractivity contribution in [1.29, 1.82) is 0 Å². The molecule has 1 aromatic carbocycles. The number of aryl methyl sites for hydroxylation is 1. The molecule has 0 saturated carbocycles. The Balaban J connectivity index is 1.86. The molecule has 1 heterocycles. The Labute approximate surface area is 113 Å². The van der Waals surface area contributed by atoms with Gasteiger partial charge in [0.2, 0.25) is 0 Å². The van der Waals surface area contributed by atoms with E-state index in [4.69, 9.17) is 10.6 Å². The van der Waals surface area contributed by atoms with Crippen LogP contribution >= 0.6 is 11.8 Å². The summed E-state index contributed by atoms with van der Waals surface area (Å²) >= 11 is 1.86. The van der Waals surface area contributed by atoms with Crippen molar-refractivity contribution in [2.45, 2.75) is 30.7 Å². The van der Waals surface area contributed by atoms with Gasteiger partial charge in [-0.3, -0.25) is 11.3 Å². The standard InChI is InChI=1S/C14H22N2OS/c1-11-4-2-6-13(8-11)18-10-14(16-15)12-5-3-7-17-9-12/h2,4,6,8,12,14,16H,3,5,7,9-10,15H2,1H3. The summed E-state index contributed by atoms with van der Waals surface area (Å²) in [6, 6.07) is 8.93. The maximum absolute atomic E-state index is 5.68. The Morgan fingerprint density at radius 3 is 3.11 bits per heavy atom. The first-order chi connectivity index (χ1) is 8.79. The first-order valence-electron chi connectivity index (χ1n) is 6.53. The molecular weight excluding hydrogens is 244 g/mol. The van der Waals surface area contributed by atoms with Crippen molar-refractivity contribution in [3.8, 4) is 0 Å². The van der Waals surface area contributed by atoms with Crippen LogP contribution in [0.5, 0.6) is 0 Å². The van der Waals surface area contributed by atoms with Crippen molar-refractivity contribution in [2.24, 2.45) is 11.8 Å². The minimum atomic E-state index is 0.329. The van der Waals surface area contributed by atoms with Crippen molar-refractivity contribution >= 4 is 11.8 Å². The van der Waals surface area contributed by atoms with Gasteiger partial charge in [-0.1, -0.05) is 17.7 Å². The molecule has 0 aromatic heterocycles. The van der Waals surface area contributed by atoms with E-state index in [2.05, 4.69) is 36.6 Å². The highest BCUT2D eigenvalue weighted by atomic mass is 32.2. The van der Waals surface area contributed by atoms with Crippen molar-refractivity contribution < 1.29 is 4.74 Å². The molecule has 1 aliphatic heterocycles. The number of rotatable bonds is 5. The zero-order valence-corrected chi connectivity index (χ0v) is 11.7. The number of thioether (sulfide) groups is 1. The molecule has 0 radical (unpaired) electrons. The van der Waals surface area contributed by atoms with Crippen LogP contribution in [0.2, 0.25) is 0 Å². The minimum Gasteiger partial charge on any atom is -0.381 e. The van der Waals surface area contributed by atoms with E-state index in [1.165, 1.54) is 16.9 Å². The quantitative estimate of drug-likeness (QED) is 0.488. The summed E-state index contributed by atoms with van der Waals surface area (Å²) in [5.74, 6) is 7.22. The van der Waals surface area contributed by atoms with Crippen LogP contribution in [0, 0.1) is 12.8 Å². The molecule has 0 amide bonds. The van der Waals surface area contributed by atoms with Crippen LogP contribution in [0.4, 0.5) is 0 Å². The SMILES string of the molecule is Cc1cccc(SCC(NN)C2CCCOC2)c1. The Morgan fingerprint density at radius 1 is 1.56 bits per heavy atom. The molecule has 100 valence electrons. The van der Waals surface area contributed by atoms with Crippen LogP contribution in [0.3, 0.4) is 0 Å². The lowest BCUT2D eigenvalue weighted by Gasteiger charge is -2.29. The third-order valence-corrected chi connectivity index (χ3v) is 4.51. The first kappa shape index (κ1) is 13.9. The van der Waals surface area contributed by atoms with E-state index in [-0.39, 0.29) is 0 Å². The molecule has 1 saturated heterocycles. The molecule has 0 aliphatic carbocycles. The molecule has 0 bridgehead atoms. The predicted molar refractivity (Wildman–Crippen MR) is 76.6 cm³/mol. The fourth-order valence-electron chi connectivity index (χ4n) is 2.29. The normalized spacial score (nSPS) is 21.8. The maximum Gasteiger partial charge on any atom is 0.0509 e. The molecule has 3 nitrogen and oxygen atoms in total. The third kappa shape index (κ3) is 3.99. The van der Waals surface area contributed by atoms with E-state index in [0.29, 0.717) is 12.0 Å². The van der Waals surface area contributed by atoms with Crippen molar-refractivity contribution in [3.05, 3.63) is 29.8 Å². The number of nitrogens with two attached hydrogens (primary N) is 1. The van der Waals surface area contributed by atoms with Gasteiger partial charge in [0.15, 0.2) is 0 Å². The Kier molecular flexibility index (Phi) is 5.50. The molecule has 0 spiro atoms. The topological polar surface area (TPSA) is 47.3 Å². The van der Waals surface area contributed by atoms with Crippen LogP contribution in [-0.4, -0.2) is 25.0 Å². The highest BCUT2D eigenvalue weighted by Gasteiger charge is 2.23. The molecule has 1 aliphatic rings. The van der Waals surface area contributed by atoms with E-state index in [0.717, 1.165) is 25.4 Å². The summed E-state index contributed by atoms with van der Waals surface area (Å²) in [5.41, 5.74) is 4.26. The second-order valence-electron chi connectivity index (χ2n) is 4.88. The number of hydrogen-bond donors (Lipinski definition) is 2. The summed E-state index contributed by atoms with van der Waals surface area (Å²) in [6.45, 7) is 3.86. The lowest BCUT2D eigenvalue weighted by molar-refractivity contribution is 0.0427. The number of nitrogens with one attached hydrogen (secondary N) is 1. The van der Waals surface area contributed by atoms with Crippen molar-refractivity contribution in [3.63, 3.8) is 0 Å². The number of hydrazine groups is 1. The van der Waals surface area contributed by atoms with Crippen LogP contribution < -0.4 is 11.3 Å². The summed E-state index contributed by atoms with van der Waals surface area (Å²) in [4.78, 5) is 1.31. The molecule has 18 heavy (non-hydrogen) atoms. The zero-order chi connectivity index (χ0) is 12.8. The first-order valence-corrected chi connectivity index (χ1v) is 7.51. The van der Waals surface area contributed by atoms with Gasteiger partial charge in [-0.25, -0.2) is 0 Å². The van der Waals surface area contributed by atoms with Gasteiger partial charge in [0.25, 0.3) is 0 Å². The van der Waals surface area contributed by atoms with Crippen LogP contribution in [0.25, 0.3) is 0 Å². The molecule has 2 unspecified atom stereocenters. The van der Waals surface area contributed by atoms with Gasteiger partial charge in [0.1, 0.15) is 0 Å². The maximum atomic E-state index is 5.68. The highest BCUT2D eigenvalue weighted by molar-refractivity contribution is 7.99. The Morgan fingerprint density at radius 2 is 2.44 bits per heavy atom. The lowest BCUT2D eigenvalue weighted by atomic mass is 9.95. The Hall–Kier alpha value is -0.550. The fraction of sp³-hybridized carbons (Fsp3) is 0.571. The summed E-state index contributed by atoms with van der Waals surface area (Å²) < 4.78 is 5.53. The largest absolute Gasteiger partial charge is 0.381 e. The third-order valence-electron chi connectivity index (χ3n) is 3.40. The molecule has 1 aromatic rings. The van der Waals surface area contributed by atoms with Crippen molar-refractivity contribution in [2.75, 3.05) is 19.0 Å². The number of benzene rings is 1. The van der Waals surface area contributed by atoms with Crippen LogP contribution in [-0.2, 0) is 4.74 Å². The van der Waals surface area contributed by atoms with Crippen LogP contribution in [0.15, 0.2) is 29.2 Å². The second kappa shape index (κ2) is 7.14. The van der Waals surface area contributed by atoms with Gasteiger partial charge < -0.3 is 4.74 Å². The van der Waals surface area contributed by atoms with Gasteiger partial charge in [0.05, 0.1) is 6.61 Å². The van der Waals surface area contributed by atoms with Crippen LogP contribution in [0.1, 0.15) is 18.4 Å².